The van der Waals surface area contributed by atoms with E-state index in [0.29, 0.717) is 5.56 Å². The molecule has 0 unspecified atom stereocenters. The average Bonchev–Trinajstić information content (AvgIpc) is 3.05. The third-order valence-electron chi connectivity index (χ3n) is 7.34. The molecule has 0 saturated carbocycles. The summed E-state index contributed by atoms with van der Waals surface area (Å²) in [4.78, 5) is 57.6. The molecule has 0 amide bonds. The van der Waals surface area contributed by atoms with Gasteiger partial charge < -0.3 is 43.2 Å². The lowest BCUT2D eigenvalue weighted by Crippen LogP contribution is -2.29. The molecule has 0 atom stereocenters. The molecule has 1 N–H and O–H groups in total. The Morgan fingerprint density at radius 2 is 0.982 bits per heavy atom. The van der Waals surface area contributed by atoms with Gasteiger partial charge in [0, 0.05) is 19.3 Å². The molecule has 14 heteroatoms. The first-order valence-corrected chi connectivity index (χ1v) is 19.0. The molecule has 0 aromatic heterocycles. The van der Waals surface area contributed by atoms with E-state index in [0.717, 1.165) is 24.9 Å². The normalized spacial score (nSPS) is 13.4. The third-order valence-corrected chi connectivity index (χ3v) is 7.34. The smallest absolute Gasteiger partial charge is 0.465 e. The van der Waals surface area contributed by atoms with E-state index in [-0.39, 0.29) is 12.6 Å². The summed E-state index contributed by atoms with van der Waals surface area (Å²) in [6.45, 7) is 21.3. The number of hydrogen-bond acceptors (Lipinski definition) is 14. The number of carbonyl (C=O) groups excluding carboxylic acids is 5. The van der Waals surface area contributed by atoms with E-state index in [1.807, 2.05) is 18.2 Å². The molecule has 320 valence electrons. The van der Waals surface area contributed by atoms with Crippen LogP contribution in [0.5, 0.6) is 0 Å². The SMILES string of the molecule is CC(C)(C)OC(=O)OC(=O)OC(C)(C)C.CC(C)(C)OC(=O)OC(=O)OC(C)(C)C.CN1CCCc2ccc(CO)cc21.COC(=O)c1ccc2c(c1)CCCC2. The van der Waals surface area contributed by atoms with Gasteiger partial charge in [-0.3, -0.25) is 0 Å². The topological polar surface area (TPSA) is 173 Å². The van der Waals surface area contributed by atoms with E-state index in [1.165, 1.54) is 55.2 Å². The van der Waals surface area contributed by atoms with Crippen LogP contribution < -0.4 is 4.90 Å². The number of anilines is 1. The summed E-state index contributed by atoms with van der Waals surface area (Å²) in [5.41, 5.74) is 4.31. The number of methoxy groups -OCH3 is 1. The van der Waals surface area contributed by atoms with Crippen LogP contribution in [0.3, 0.4) is 0 Å². The Balaban J connectivity index is 0.000000380. The quantitative estimate of drug-likeness (QED) is 0.173. The van der Waals surface area contributed by atoms with Gasteiger partial charge in [0.05, 0.1) is 19.3 Å². The maximum absolute atomic E-state index is 11.3. The van der Waals surface area contributed by atoms with Crippen LogP contribution in [-0.2, 0) is 59.0 Å². The summed E-state index contributed by atoms with van der Waals surface area (Å²) in [6, 6.07) is 12.1. The molecule has 57 heavy (non-hydrogen) atoms. The van der Waals surface area contributed by atoms with E-state index in [1.54, 1.807) is 83.1 Å². The standard InChI is InChI=1S/C12H14O2.C11H15NO.2C10H18O5/c1-14-12(13)11-7-6-9-4-2-3-5-10(9)8-11;1-12-6-2-3-10-5-4-9(8-13)7-11(10)12;2*1-9(2,3)14-7(11)13-8(12)15-10(4,5)6/h6-8H,2-5H2,1H3;4-5,7,13H,2-3,6,8H2,1H3;2*1-6H3. The van der Waals surface area contributed by atoms with Crippen LogP contribution in [0, 0.1) is 0 Å². The molecule has 0 spiro atoms. The molecule has 2 aliphatic rings. The predicted molar refractivity (Wildman–Crippen MR) is 215 cm³/mol. The molecule has 0 saturated heterocycles. The van der Waals surface area contributed by atoms with Gasteiger partial charge in [0.2, 0.25) is 0 Å². The lowest BCUT2D eigenvalue weighted by Gasteiger charge is -2.27. The lowest BCUT2D eigenvalue weighted by atomic mass is 9.90. The van der Waals surface area contributed by atoms with E-state index in [4.69, 9.17) is 24.1 Å². The number of ether oxygens (including phenoxy) is 7. The number of aliphatic hydroxyl groups excluding tert-OH is 1. The van der Waals surface area contributed by atoms with Gasteiger partial charge in [-0.15, -0.1) is 0 Å². The van der Waals surface area contributed by atoms with Gasteiger partial charge in [-0.05, 0) is 162 Å². The maximum Gasteiger partial charge on any atom is 0.519 e. The Hall–Kier alpha value is -4.85. The summed E-state index contributed by atoms with van der Waals surface area (Å²) in [5.74, 6) is -0.238. The monoisotopic (exact) mass is 803 g/mol. The fourth-order valence-electron chi connectivity index (χ4n) is 5.10. The number of benzene rings is 2. The van der Waals surface area contributed by atoms with Crippen LogP contribution in [0.25, 0.3) is 0 Å². The fourth-order valence-corrected chi connectivity index (χ4v) is 5.10. The van der Waals surface area contributed by atoms with Crippen molar-refractivity contribution in [3.8, 4) is 0 Å². The number of aryl methyl sites for hydroxylation is 3. The summed E-state index contributed by atoms with van der Waals surface area (Å²) >= 11 is 0. The van der Waals surface area contributed by atoms with Crippen molar-refractivity contribution in [2.75, 3.05) is 25.6 Å². The highest BCUT2D eigenvalue weighted by molar-refractivity contribution is 5.89. The third kappa shape index (κ3) is 22.5. The zero-order valence-electron chi connectivity index (χ0n) is 36.4. The van der Waals surface area contributed by atoms with Crippen molar-refractivity contribution >= 4 is 36.3 Å². The molecule has 2 aromatic carbocycles. The van der Waals surface area contributed by atoms with Gasteiger partial charge in [-0.25, -0.2) is 24.0 Å². The van der Waals surface area contributed by atoms with Gasteiger partial charge in [-0.2, -0.15) is 0 Å². The van der Waals surface area contributed by atoms with E-state index in [9.17, 15) is 24.0 Å². The van der Waals surface area contributed by atoms with Crippen LogP contribution in [-0.4, -0.2) is 78.8 Å². The van der Waals surface area contributed by atoms with E-state index >= 15 is 0 Å². The van der Waals surface area contributed by atoms with E-state index in [2.05, 4.69) is 44.4 Å². The Morgan fingerprint density at radius 1 is 0.579 bits per heavy atom. The van der Waals surface area contributed by atoms with E-state index < -0.39 is 47.0 Å². The van der Waals surface area contributed by atoms with Crippen LogP contribution in [0.1, 0.15) is 135 Å². The van der Waals surface area contributed by atoms with Gasteiger partial charge >= 0.3 is 30.6 Å². The summed E-state index contributed by atoms with van der Waals surface area (Å²) in [5, 5.41) is 9.01. The molecular weight excluding hydrogens is 738 g/mol. The molecule has 4 rings (SSSR count). The Bertz CT molecular complexity index is 1530. The zero-order chi connectivity index (χ0) is 43.8. The van der Waals surface area contributed by atoms with Gasteiger partial charge in [0.15, 0.2) is 0 Å². The number of aliphatic hydroxyl groups is 1. The molecule has 0 radical (unpaired) electrons. The second-order valence-electron chi connectivity index (χ2n) is 17.4. The fraction of sp³-hybridized carbons (Fsp3) is 0.605. The predicted octanol–water partition coefficient (Wildman–Crippen LogP) is 9.66. The highest BCUT2D eigenvalue weighted by atomic mass is 16.8. The second-order valence-corrected chi connectivity index (χ2v) is 17.4. The first kappa shape index (κ1) is 50.2. The molecule has 14 nitrogen and oxygen atoms in total. The Labute approximate surface area is 338 Å². The largest absolute Gasteiger partial charge is 0.519 e. The molecule has 0 fully saturated rings. The molecule has 2 aromatic rings. The molecule has 1 aliphatic carbocycles. The number of carbonyl (C=O) groups is 5. The number of nitrogens with zero attached hydrogens (tertiary/aromatic N) is 1. The minimum atomic E-state index is -1.06. The van der Waals surface area contributed by atoms with Crippen LogP contribution in [0.15, 0.2) is 36.4 Å². The number of fused-ring (bicyclic) bond motifs is 2. The van der Waals surface area contributed by atoms with Crippen molar-refractivity contribution in [1.29, 1.82) is 0 Å². The molecule has 1 heterocycles. The summed E-state index contributed by atoms with van der Waals surface area (Å²) in [7, 11) is 3.53. The van der Waals surface area contributed by atoms with Crippen LogP contribution >= 0.6 is 0 Å². The summed E-state index contributed by atoms with van der Waals surface area (Å²) < 4.78 is 32.3. The highest BCUT2D eigenvalue weighted by Crippen LogP contribution is 2.27. The first-order valence-electron chi connectivity index (χ1n) is 19.0. The number of hydrogen-bond donors (Lipinski definition) is 1. The van der Waals surface area contributed by atoms with Crippen LogP contribution in [0.4, 0.5) is 24.9 Å². The van der Waals surface area contributed by atoms with Crippen molar-refractivity contribution in [3.63, 3.8) is 0 Å². The molecule has 1 aliphatic heterocycles. The zero-order valence-corrected chi connectivity index (χ0v) is 36.4. The minimum Gasteiger partial charge on any atom is -0.465 e. The minimum absolute atomic E-state index is 0.140. The van der Waals surface area contributed by atoms with Crippen molar-refractivity contribution in [2.45, 2.75) is 151 Å². The van der Waals surface area contributed by atoms with Gasteiger partial charge in [0.1, 0.15) is 22.4 Å². The molecule has 0 bridgehead atoms. The highest BCUT2D eigenvalue weighted by Gasteiger charge is 2.25. The maximum atomic E-state index is 11.3. The summed E-state index contributed by atoms with van der Waals surface area (Å²) in [6.07, 6.45) is 2.92. The van der Waals surface area contributed by atoms with Crippen molar-refractivity contribution in [1.82, 2.24) is 0 Å². The first-order chi connectivity index (χ1) is 26.1. The Morgan fingerprint density at radius 3 is 1.39 bits per heavy atom. The van der Waals surface area contributed by atoms with Crippen molar-refractivity contribution in [2.24, 2.45) is 0 Å². The van der Waals surface area contributed by atoms with Crippen molar-refractivity contribution < 1.29 is 62.2 Å². The number of rotatable bonds is 2. The van der Waals surface area contributed by atoms with Gasteiger partial charge in [-0.1, -0.05) is 18.2 Å². The van der Waals surface area contributed by atoms with Crippen molar-refractivity contribution in [3.05, 3.63) is 64.2 Å². The Kier molecular flexibility index (Phi) is 19.5. The van der Waals surface area contributed by atoms with Crippen LogP contribution in [0.2, 0.25) is 0 Å². The lowest BCUT2D eigenvalue weighted by molar-refractivity contribution is -0.0318. The number of esters is 1. The second kappa shape index (κ2) is 22.2. The average molecular weight is 804 g/mol. The molecular formula is C43H65NO13. The van der Waals surface area contributed by atoms with Gasteiger partial charge in [0.25, 0.3) is 0 Å².